The average Bonchev–Trinajstić information content (AvgIpc) is 3.35. The Kier molecular flexibility index (Phi) is 52.1. The number of carbonyl (C=O) groups excluding carboxylic acids is 3. The van der Waals surface area contributed by atoms with Crippen molar-refractivity contribution in [2.24, 2.45) is 0 Å². The molecule has 0 fully saturated rings. The van der Waals surface area contributed by atoms with Crippen molar-refractivity contribution in [3.05, 3.63) is 146 Å². The highest BCUT2D eigenvalue weighted by Crippen LogP contribution is 2.12. The number of hydrogen-bond donors (Lipinski definition) is 0. The summed E-state index contributed by atoms with van der Waals surface area (Å²) in [6.07, 6.45) is 79.8. The number of carbonyl (C=O) groups is 3. The van der Waals surface area contributed by atoms with E-state index in [1.54, 1.807) is 0 Å². The van der Waals surface area contributed by atoms with Crippen LogP contribution < -0.4 is 0 Å². The molecule has 0 aliphatic heterocycles. The van der Waals surface area contributed by atoms with Crippen LogP contribution in [0, 0.1) is 0 Å². The summed E-state index contributed by atoms with van der Waals surface area (Å²) in [5, 5.41) is 0. The van der Waals surface area contributed by atoms with Crippen molar-refractivity contribution in [2.75, 3.05) is 13.2 Å². The first-order valence-corrected chi connectivity index (χ1v) is 27.3. The van der Waals surface area contributed by atoms with Gasteiger partial charge in [-0.15, -0.1) is 0 Å². The van der Waals surface area contributed by atoms with E-state index in [1.165, 1.54) is 38.5 Å². The van der Waals surface area contributed by atoms with Gasteiger partial charge in [0.25, 0.3) is 0 Å². The molecular formula is C63H98O6. The minimum Gasteiger partial charge on any atom is -0.462 e. The zero-order valence-corrected chi connectivity index (χ0v) is 44.0. The fourth-order valence-electron chi connectivity index (χ4n) is 6.78. The first-order chi connectivity index (χ1) is 34.0. The predicted molar refractivity (Wildman–Crippen MR) is 297 cm³/mol. The van der Waals surface area contributed by atoms with Gasteiger partial charge in [0, 0.05) is 19.3 Å². The van der Waals surface area contributed by atoms with Crippen molar-refractivity contribution in [3.8, 4) is 0 Å². The number of hydrogen-bond acceptors (Lipinski definition) is 6. The van der Waals surface area contributed by atoms with Crippen molar-refractivity contribution < 1.29 is 28.6 Å². The summed E-state index contributed by atoms with van der Waals surface area (Å²) in [4.78, 5) is 38.1. The number of ether oxygens (including phenoxy) is 3. The van der Waals surface area contributed by atoms with Gasteiger partial charge < -0.3 is 14.2 Å². The fraction of sp³-hybridized carbons (Fsp3) is 0.571. The second-order valence-corrected chi connectivity index (χ2v) is 17.4. The zero-order chi connectivity index (χ0) is 50.0. The lowest BCUT2D eigenvalue weighted by atomic mass is 10.1. The lowest BCUT2D eigenvalue weighted by Gasteiger charge is -2.18. The summed E-state index contributed by atoms with van der Waals surface area (Å²) in [6.45, 7) is 6.27. The summed E-state index contributed by atoms with van der Waals surface area (Å²) in [5.41, 5.74) is 0. The number of esters is 3. The Morgan fingerprint density at radius 3 is 1.00 bits per heavy atom. The number of unbranched alkanes of at least 4 members (excludes halogenated alkanes) is 12. The maximum absolute atomic E-state index is 12.8. The highest BCUT2D eigenvalue weighted by Gasteiger charge is 2.19. The second-order valence-electron chi connectivity index (χ2n) is 17.4. The average molecular weight is 951 g/mol. The smallest absolute Gasteiger partial charge is 0.306 e. The monoisotopic (exact) mass is 951 g/mol. The van der Waals surface area contributed by atoms with Crippen LogP contribution in [-0.2, 0) is 28.6 Å². The molecule has 0 aliphatic carbocycles. The van der Waals surface area contributed by atoms with Gasteiger partial charge in [-0.1, -0.05) is 212 Å². The quantitative estimate of drug-likeness (QED) is 0.0262. The summed E-state index contributed by atoms with van der Waals surface area (Å²) in [7, 11) is 0. The molecule has 386 valence electrons. The van der Waals surface area contributed by atoms with Gasteiger partial charge in [0.2, 0.25) is 0 Å². The lowest BCUT2D eigenvalue weighted by molar-refractivity contribution is -0.166. The van der Waals surface area contributed by atoms with Gasteiger partial charge in [-0.3, -0.25) is 14.4 Å². The first-order valence-electron chi connectivity index (χ1n) is 27.3. The van der Waals surface area contributed by atoms with Gasteiger partial charge in [0.1, 0.15) is 13.2 Å². The van der Waals surface area contributed by atoms with Crippen molar-refractivity contribution in [3.63, 3.8) is 0 Å². The highest BCUT2D eigenvalue weighted by atomic mass is 16.6. The third-order valence-electron chi connectivity index (χ3n) is 10.8. The van der Waals surface area contributed by atoms with Gasteiger partial charge in [-0.2, -0.15) is 0 Å². The molecule has 0 bridgehead atoms. The molecule has 0 amide bonds. The minimum atomic E-state index is -0.836. The van der Waals surface area contributed by atoms with E-state index in [4.69, 9.17) is 14.2 Å². The molecule has 69 heavy (non-hydrogen) atoms. The third kappa shape index (κ3) is 54.1. The van der Waals surface area contributed by atoms with Gasteiger partial charge >= 0.3 is 17.9 Å². The van der Waals surface area contributed by atoms with Crippen molar-refractivity contribution in [2.45, 2.75) is 219 Å². The molecule has 0 aromatic carbocycles. The van der Waals surface area contributed by atoms with Crippen LogP contribution in [0.5, 0.6) is 0 Å². The summed E-state index contributed by atoms with van der Waals surface area (Å²) < 4.78 is 16.7. The molecule has 0 aliphatic rings. The second kappa shape index (κ2) is 55.9. The molecule has 0 saturated heterocycles. The van der Waals surface area contributed by atoms with Crippen LogP contribution in [0.25, 0.3) is 0 Å². The lowest BCUT2D eigenvalue weighted by Crippen LogP contribution is -2.30. The van der Waals surface area contributed by atoms with E-state index < -0.39 is 6.10 Å². The SMILES string of the molecule is CC/C=C\C/C=C\C/C=C\C/C=C\C/C=C\C/C=C\CCC(=O)OC[C@H](COC(=O)CCCCCCC/C=C\CCCCCC)OC(=O)CCCCC/C=C\C/C=C\C/C=C\C/C=C\C/C=C\CC. The largest absolute Gasteiger partial charge is 0.462 e. The van der Waals surface area contributed by atoms with E-state index >= 15 is 0 Å². The van der Waals surface area contributed by atoms with Crippen LogP contribution in [0.15, 0.2) is 146 Å². The molecule has 0 N–H and O–H groups in total. The van der Waals surface area contributed by atoms with E-state index in [-0.39, 0.29) is 44.0 Å². The van der Waals surface area contributed by atoms with E-state index in [9.17, 15) is 14.4 Å². The summed E-state index contributed by atoms with van der Waals surface area (Å²) in [6, 6.07) is 0. The van der Waals surface area contributed by atoms with Crippen LogP contribution >= 0.6 is 0 Å². The Labute approximate surface area is 423 Å². The van der Waals surface area contributed by atoms with E-state index in [0.29, 0.717) is 19.3 Å². The van der Waals surface area contributed by atoms with E-state index in [2.05, 4.69) is 154 Å². The molecule has 6 nitrogen and oxygen atoms in total. The van der Waals surface area contributed by atoms with Crippen molar-refractivity contribution in [1.29, 1.82) is 0 Å². The maximum Gasteiger partial charge on any atom is 0.306 e. The maximum atomic E-state index is 12.8. The zero-order valence-electron chi connectivity index (χ0n) is 44.0. The van der Waals surface area contributed by atoms with E-state index in [0.717, 1.165) is 122 Å². The van der Waals surface area contributed by atoms with Crippen LogP contribution in [0.3, 0.4) is 0 Å². The summed E-state index contributed by atoms with van der Waals surface area (Å²) >= 11 is 0. The fourth-order valence-corrected chi connectivity index (χ4v) is 6.78. The molecule has 6 heteroatoms. The molecule has 0 unspecified atom stereocenters. The van der Waals surface area contributed by atoms with Crippen molar-refractivity contribution in [1.82, 2.24) is 0 Å². The van der Waals surface area contributed by atoms with Gasteiger partial charge in [0.05, 0.1) is 0 Å². The van der Waals surface area contributed by atoms with Gasteiger partial charge in [-0.05, 0) is 128 Å². The molecule has 0 saturated carbocycles. The van der Waals surface area contributed by atoms with E-state index in [1.807, 2.05) is 12.2 Å². The molecular weight excluding hydrogens is 853 g/mol. The molecule has 0 heterocycles. The van der Waals surface area contributed by atoms with Crippen molar-refractivity contribution >= 4 is 17.9 Å². The Balaban J connectivity index is 4.60. The van der Waals surface area contributed by atoms with Crippen LogP contribution in [0.2, 0.25) is 0 Å². The Bertz CT molecular complexity index is 1560. The molecule has 0 rings (SSSR count). The Morgan fingerprint density at radius 1 is 0.304 bits per heavy atom. The van der Waals surface area contributed by atoms with Crippen LogP contribution in [0.1, 0.15) is 213 Å². The van der Waals surface area contributed by atoms with Gasteiger partial charge in [-0.25, -0.2) is 0 Å². The standard InChI is InChI=1S/C63H98O6/c1-4-7-10-13-16-19-22-25-27-29-31-33-35-38-41-44-47-50-53-56-62(65)68-59-60(58-67-61(64)55-52-49-46-43-40-37-24-21-18-15-12-9-6-3)69-63(66)57-54-51-48-45-42-39-36-34-32-30-28-26-23-20-17-14-11-8-5-2/h7-8,10-11,16-17,19-21,24-28,31-34,38-39,41-42,47,50,60H,4-6,9,12-15,18,22-23,29-30,35-37,40,43-46,48-49,51-59H2,1-3H3/b10-7-,11-8-,19-16-,20-17-,24-21-,27-25-,28-26-,33-31-,34-32-,41-38-,42-39-,50-47-/t60-/m0/s1. The van der Waals surface area contributed by atoms with Crippen LogP contribution in [-0.4, -0.2) is 37.2 Å². The number of rotatable bonds is 47. The summed E-state index contributed by atoms with van der Waals surface area (Å²) in [5.74, 6) is -1.06. The molecule has 1 atom stereocenters. The molecule has 0 spiro atoms. The Morgan fingerprint density at radius 2 is 0.594 bits per heavy atom. The number of allylic oxidation sites excluding steroid dienone is 24. The molecule has 0 aromatic rings. The first kappa shape index (κ1) is 64.3. The highest BCUT2D eigenvalue weighted by molar-refractivity contribution is 5.71. The molecule has 0 radical (unpaired) electrons. The molecule has 0 aromatic heterocycles. The third-order valence-corrected chi connectivity index (χ3v) is 10.8. The Hall–Kier alpha value is -4.71. The minimum absolute atomic E-state index is 0.125. The normalized spacial score (nSPS) is 13.3. The predicted octanol–water partition coefficient (Wildman–Crippen LogP) is 18.4. The van der Waals surface area contributed by atoms with Gasteiger partial charge in [0.15, 0.2) is 6.10 Å². The topological polar surface area (TPSA) is 78.9 Å². The van der Waals surface area contributed by atoms with Crippen LogP contribution in [0.4, 0.5) is 0 Å².